The summed E-state index contributed by atoms with van der Waals surface area (Å²) in [5, 5.41) is 3.68. The molecule has 0 spiro atoms. The molecule has 0 fully saturated rings. The Hall–Kier alpha value is -1.65. The van der Waals surface area contributed by atoms with Crippen LogP contribution in [0.25, 0.3) is 11.6 Å². The van der Waals surface area contributed by atoms with Gasteiger partial charge in [0.15, 0.2) is 5.82 Å². The number of aromatic amines is 1. The molecule has 0 aliphatic carbocycles. The first-order chi connectivity index (χ1) is 5.36. The van der Waals surface area contributed by atoms with E-state index >= 15 is 0 Å². The van der Waals surface area contributed by atoms with Gasteiger partial charge in [-0.1, -0.05) is 5.16 Å². The van der Waals surface area contributed by atoms with Crippen molar-refractivity contribution in [1.29, 1.82) is 0 Å². The molecule has 56 valence electrons. The van der Waals surface area contributed by atoms with E-state index in [-0.39, 0.29) is 0 Å². The molecule has 2 aromatic heterocycles. The van der Waals surface area contributed by atoms with Gasteiger partial charge >= 0.3 is 0 Å². The highest BCUT2D eigenvalue weighted by molar-refractivity contribution is 5.40. The smallest absolute Gasteiger partial charge is 0.238 e. The average molecular weight is 150 g/mol. The van der Waals surface area contributed by atoms with E-state index in [1.807, 2.05) is 0 Å². The first-order valence-corrected chi connectivity index (χ1v) is 3.16. The summed E-state index contributed by atoms with van der Waals surface area (Å²) < 4.78 is 4.77. The Morgan fingerprint density at radius 3 is 3.00 bits per heavy atom. The Kier molecular flexibility index (Phi) is 1.21. The lowest BCUT2D eigenvalue weighted by Crippen LogP contribution is -1.81. The van der Waals surface area contributed by atoms with E-state index in [1.165, 1.54) is 0 Å². The maximum absolute atomic E-state index is 4.77. The van der Waals surface area contributed by atoms with Crippen LogP contribution in [0.15, 0.2) is 16.9 Å². The predicted octanol–water partition coefficient (Wildman–Crippen LogP) is 0.768. The van der Waals surface area contributed by atoms with E-state index < -0.39 is 0 Å². The fourth-order valence-corrected chi connectivity index (χ4v) is 0.783. The zero-order valence-corrected chi connectivity index (χ0v) is 5.90. The van der Waals surface area contributed by atoms with Gasteiger partial charge < -0.3 is 9.51 Å². The van der Waals surface area contributed by atoms with Gasteiger partial charge in [-0.25, -0.2) is 4.98 Å². The third-order valence-corrected chi connectivity index (χ3v) is 1.24. The van der Waals surface area contributed by atoms with Crippen LogP contribution in [-0.4, -0.2) is 20.1 Å². The van der Waals surface area contributed by atoms with Crippen molar-refractivity contribution in [3.8, 4) is 11.6 Å². The molecule has 1 N–H and O–H groups in total. The van der Waals surface area contributed by atoms with Crippen LogP contribution in [0.1, 0.15) is 5.89 Å². The van der Waals surface area contributed by atoms with Crippen molar-refractivity contribution >= 4 is 0 Å². The number of aryl methyl sites for hydroxylation is 1. The minimum absolute atomic E-state index is 0.493. The molecule has 0 amide bonds. The van der Waals surface area contributed by atoms with Crippen LogP contribution in [0.3, 0.4) is 0 Å². The van der Waals surface area contributed by atoms with Gasteiger partial charge in [0.05, 0.1) is 0 Å². The van der Waals surface area contributed by atoms with Gasteiger partial charge in [-0.2, -0.15) is 4.98 Å². The van der Waals surface area contributed by atoms with Gasteiger partial charge in [-0.3, -0.25) is 0 Å². The largest absolute Gasteiger partial charge is 0.342 e. The van der Waals surface area contributed by atoms with Gasteiger partial charge in [0.2, 0.25) is 11.7 Å². The molecule has 0 saturated carbocycles. The molecule has 2 heterocycles. The lowest BCUT2D eigenvalue weighted by molar-refractivity contribution is 0.394. The third kappa shape index (κ3) is 1.000. The van der Waals surface area contributed by atoms with E-state index in [9.17, 15) is 0 Å². The summed E-state index contributed by atoms with van der Waals surface area (Å²) in [6.07, 6.45) is 3.35. The zero-order chi connectivity index (χ0) is 7.68. The second kappa shape index (κ2) is 2.19. The SMILES string of the molecule is Cc1nc(-c2ncc[nH]2)no1. The molecule has 0 bridgehead atoms. The number of nitrogens with zero attached hydrogens (tertiary/aromatic N) is 3. The highest BCUT2D eigenvalue weighted by Crippen LogP contribution is 2.07. The van der Waals surface area contributed by atoms with Gasteiger partial charge in [-0.15, -0.1) is 0 Å². The lowest BCUT2D eigenvalue weighted by atomic mass is 10.6. The Labute approximate surface area is 62.5 Å². The normalized spacial score (nSPS) is 10.3. The molecule has 0 aliphatic heterocycles. The number of hydrogen-bond acceptors (Lipinski definition) is 4. The maximum Gasteiger partial charge on any atom is 0.238 e. The number of imidazole rings is 1. The summed E-state index contributed by atoms with van der Waals surface area (Å²) in [6.45, 7) is 1.74. The van der Waals surface area contributed by atoms with Crippen LogP contribution < -0.4 is 0 Å². The van der Waals surface area contributed by atoms with Gasteiger partial charge in [0, 0.05) is 19.3 Å². The molecule has 0 saturated heterocycles. The van der Waals surface area contributed by atoms with Crippen LogP contribution >= 0.6 is 0 Å². The van der Waals surface area contributed by atoms with Crippen molar-refractivity contribution < 1.29 is 4.52 Å². The van der Waals surface area contributed by atoms with Crippen LogP contribution in [-0.2, 0) is 0 Å². The Morgan fingerprint density at radius 2 is 2.45 bits per heavy atom. The predicted molar refractivity (Wildman–Crippen MR) is 36.6 cm³/mol. The molecule has 0 aliphatic rings. The van der Waals surface area contributed by atoms with Gasteiger partial charge in [-0.05, 0) is 0 Å². The topological polar surface area (TPSA) is 67.6 Å². The number of H-pyrrole nitrogens is 1. The molecule has 5 nitrogen and oxygen atoms in total. The summed E-state index contributed by atoms with van der Waals surface area (Å²) in [7, 11) is 0. The standard InChI is InChI=1S/C6H6N4O/c1-4-9-6(10-11-4)5-7-2-3-8-5/h2-3H,1H3,(H,7,8). The molecule has 2 rings (SSSR count). The Balaban J connectivity index is 2.45. The lowest BCUT2D eigenvalue weighted by Gasteiger charge is -1.80. The second-order valence-electron chi connectivity index (χ2n) is 2.07. The molecule has 0 atom stereocenters. The van der Waals surface area contributed by atoms with Crippen molar-refractivity contribution in [3.63, 3.8) is 0 Å². The van der Waals surface area contributed by atoms with Crippen molar-refractivity contribution in [1.82, 2.24) is 20.1 Å². The number of rotatable bonds is 1. The summed E-state index contributed by atoms with van der Waals surface area (Å²) >= 11 is 0. The molecule has 0 aromatic carbocycles. The number of hydrogen-bond donors (Lipinski definition) is 1. The molecule has 0 unspecified atom stereocenters. The number of nitrogens with one attached hydrogen (secondary N) is 1. The average Bonchev–Trinajstić information content (AvgIpc) is 2.55. The second-order valence-corrected chi connectivity index (χ2v) is 2.07. The summed E-state index contributed by atoms with van der Waals surface area (Å²) in [4.78, 5) is 10.8. The van der Waals surface area contributed by atoms with E-state index in [0.717, 1.165) is 0 Å². The molecular formula is C6H6N4O. The van der Waals surface area contributed by atoms with Gasteiger partial charge in [0.25, 0.3) is 0 Å². The molecule has 0 radical (unpaired) electrons. The summed E-state index contributed by atoms with van der Waals surface area (Å²) in [5.41, 5.74) is 0. The molecular weight excluding hydrogens is 144 g/mol. The monoisotopic (exact) mass is 150 g/mol. The zero-order valence-electron chi connectivity index (χ0n) is 5.90. The third-order valence-electron chi connectivity index (χ3n) is 1.24. The highest BCUT2D eigenvalue weighted by Gasteiger charge is 2.05. The van der Waals surface area contributed by atoms with E-state index in [2.05, 4.69) is 20.1 Å². The fourth-order valence-electron chi connectivity index (χ4n) is 0.783. The Morgan fingerprint density at radius 1 is 1.55 bits per heavy atom. The van der Waals surface area contributed by atoms with E-state index in [0.29, 0.717) is 17.5 Å². The van der Waals surface area contributed by atoms with Crippen molar-refractivity contribution in [2.24, 2.45) is 0 Å². The molecule has 5 heteroatoms. The van der Waals surface area contributed by atoms with Crippen LogP contribution in [0.5, 0.6) is 0 Å². The van der Waals surface area contributed by atoms with Crippen molar-refractivity contribution in [2.75, 3.05) is 0 Å². The minimum Gasteiger partial charge on any atom is -0.342 e. The van der Waals surface area contributed by atoms with Crippen LogP contribution in [0, 0.1) is 6.92 Å². The maximum atomic E-state index is 4.77. The number of aromatic nitrogens is 4. The van der Waals surface area contributed by atoms with Crippen LogP contribution in [0.4, 0.5) is 0 Å². The van der Waals surface area contributed by atoms with Crippen molar-refractivity contribution in [3.05, 3.63) is 18.3 Å². The van der Waals surface area contributed by atoms with Gasteiger partial charge in [0.1, 0.15) is 0 Å². The van der Waals surface area contributed by atoms with Crippen molar-refractivity contribution in [2.45, 2.75) is 6.92 Å². The first kappa shape index (κ1) is 6.09. The summed E-state index contributed by atoms with van der Waals surface area (Å²) in [5.74, 6) is 1.66. The van der Waals surface area contributed by atoms with E-state index in [4.69, 9.17) is 4.52 Å². The molecule has 2 aromatic rings. The highest BCUT2D eigenvalue weighted by atomic mass is 16.5. The first-order valence-electron chi connectivity index (χ1n) is 3.16. The fraction of sp³-hybridized carbons (Fsp3) is 0.167. The van der Waals surface area contributed by atoms with Crippen LogP contribution in [0.2, 0.25) is 0 Å². The Bertz CT molecular complexity index is 337. The summed E-state index contributed by atoms with van der Waals surface area (Å²) in [6, 6.07) is 0. The van der Waals surface area contributed by atoms with E-state index in [1.54, 1.807) is 19.3 Å². The molecule has 11 heavy (non-hydrogen) atoms. The quantitative estimate of drug-likeness (QED) is 0.651. The minimum atomic E-state index is 0.493.